The molecule has 1 aliphatic heterocycles. The number of hydrogen-bond donors (Lipinski definition) is 0. The Bertz CT molecular complexity index is 1380. The first kappa shape index (κ1) is 21.5. The average Bonchev–Trinajstić information content (AvgIpc) is 3.34. The minimum atomic E-state index is -3.47. The average molecular weight is 470 g/mol. The van der Waals surface area contributed by atoms with E-state index in [2.05, 4.69) is 22.1 Å². The zero-order valence-corrected chi connectivity index (χ0v) is 20.0. The van der Waals surface area contributed by atoms with Crippen LogP contribution in [0.3, 0.4) is 0 Å². The molecule has 0 amide bonds. The van der Waals surface area contributed by atoms with E-state index < -0.39 is 10.0 Å². The van der Waals surface area contributed by atoms with Crippen molar-refractivity contribution in [1.82, 2.24) is 23.4 Å². The van der Waals surface area contributed by atoms with Crippen molar-refractivity contribution in [2.24, 2.45) is 7.05 Å². The number of aryl methyl sites for hydroxylation is 2. The second kappa shape index (κ2) is 8.53. The molecule has 0 spiro atoms. The van der Waals surface area contributed by atoms with Crippen LogP contribution in [0.2, 0.25) is 0 Å². The fraction of sp³-hybridized carbons (Fsp3) is 0.391. The van der Waals surface area contributed by atoms with E-state index in [1.165, 1.54) is 0 Å². The lowest BCUT2D eigenvalue weighted by molar-refractivity contribution is 0.346. The van der Waals surface area contributed by atoms with E-state index >= 15 is 0 Å². The predicted octanol–water partition coefficient (Wildman–Crippen LogP) is 4.41. The third-order valence-corrected chi connectivity index (χ3v) is 9.06. The van der Waals surface area contributed by atoms with Crippen molar-refractivity contribution in [1.29, 1.82) is 0 Å². The van der Waals surface area contributed by atoms with Gasteiger partial charge in [-0.2, -0.15) is 4.31 Å². The number of para-hydroxylation sites is 2. The number of imidazole rings is 2. The summed E-state index contributed by atoms with van der Waals surface area (Å²) in [5.74, 6) is 1.58. The summed E-state index contributed by atoms with van der Waals surface area (Å²) in [4.78, 5) is 9.90. The molecule has 5 rings (SSSR count). The van der Waals surface area contributed by atoms with Crippen molar-refractivity contribution in [3.05, 3.63) is 48.3 Å². The summed E-state index contributed by atoms with van der Waals surface area (Å²) in [5.41, 5.74) is 3.77. The van der Waals surface area contributed by atoms with Gasteiger partial charge in [0.25, 0.3) is 0 Å². The van der Waals surface area contributed by atoms with E-state index in [4.69, 9.17) is 9.97 Å². The summed E-state index contributed by atoms with van der Waals surface area (Å²) in [6, 6.07) is 13.5. The molecular formula is C23H27N5O2S2. The first-order valence-corrected chi connectivity index (χ1v) is 13.4. The fourth-order valence-corrected chi connectivity index (χ4v) is 6.89. The van der Waals surface area contributed by atoms with Gasteiger partial charge in [0.15, 0.2) is 5.16 Å². The lowest BCUT2D eigenvalue weighted by Crippen LogP contribution is -2.35. The van der Waals surface area contributed by atoms with Crippen LogP contribution in [0.5, 0.6) is 0 Å². The third-order valence-electron chi connectivity index (χ3n) is 6.14. The zero-order chi connectivity index (χ0) is 22.3. The molecule has 0 radical (unpaired) electrons. The Kier molecular flexibility index (Phi) is 5.73. The van der Waals surface area contributed by atoms with E-state index in [0.717, 1.165) is 58.9 Å². The molecule has 0 aliphatic carbocycles. The molecule has 0 saturated carbocycles. The number of nitrogens with zero attached hydrogens (tertiary/aromatic N) is 5. The molecule has 9 heteroatoms. The number of sulfonamides is 1. The standard InChI is InChI=1S/C23H27N5O2S2/c1-3-28-21-12-11-17(32(29,30)27-13-7-4-8-14-27)15-19(21)24-22(28)16-31-23-25-18-9-5-6-10-20(18)26(23)2/h5-6,9-12,15H,3-4,7-8,13-14,16H2,1-2H3. The molecule has 0 atom stereocenters. The summed E-state index contributed by atoms with van der Waals surface area (Å²) < 4.78 is 32.1. The number of fused-ring (bicyclic) bond motifs is 2. The maximum Gasteiger partial charge on any atom is 0.243 e. The van der Waals surface area contributed by atoms with Gasteiger partial charge in [0.2, 0.25) is 10.0 Å². The lowest BCUT2D eigenvalue weighted by atomic mass is 10.2. The Morgan fingerprint density at radius 1 is 0.969 bits per heavy atom. The van der Waals surface area contributed by atoms with Gasteiger partial charge in [-0.25, -0.2) is 18.4 Å². The van der Waals surface area contributed by atoms with Crippen LogP contribution in [0.25, 0.3) is 22.1 Å². The Morgan fingerprint density at radius 2 is 1.75 bits per heavy atom. The Morgan fingerprint density at radius 3 is 2.50 bits per heavy atom. The highest BCUT2D eigenvalue weighted by Gasteiger charge is 2.26. The summed E-state index contributed by atoms with van der Waals surface area (Å²) in [5, 5.41) is 0.939. The van der Waals surface area contributed by atoms with Gasteiger partial charge in [-0.1, -0.05) is 30.3 Å². The van der Waals surface area contributed by atoms with Crippen molar-refractivity contribution < 1.29 is 8.42 Å². The molecule has 2 aromatic carbocycles. The highest BCUT2D eigenvalue weighted by Crippen LogP contribution is 2.29. The van der Waals surface area contributed by atoms with Crippen LogP contribution in [0.4, 0.5) is 0 Å². The van der Waals surface area contributed by atoms with E-state index in [1.807, 2.05) is 31.3 Å². The van der Waals surface area contributed by atoms with Crippen LogP contribution < -0.4 is 0 Å². The molecule has 168 valence electrons. The molecule has 0 unspecified atom stereocenters. The van der Waals surface area contributed by atoms with Crippen LogP contribution in [-0.2, 0) is 29.4 Å². The minimum Gasteiger partial charge on any atom is -0.328 e. The smallest absolute Gasteiger partial charge is 0.243 e. The predicted molar refractivity (Wildman–Crippen MR) is 128 cm³/mol. The monoisotopic (exact) mass is 469 g/mol. The molecule has 0 N–H and O–H groups in total. The Hall–Kier alpha value is -2.36. The summed E-state index contributed by atoms with van der Waals surface area (Å²) >= 11 is 1.65. The van der Waals surface area contributed by atoms with Crippen LogP contribution >= 0.6 is 11.8 Å². The summed E-state index contributed by atoms with van der Waals surface area (Å²) in [6.45, 7) is 4.06. The maximum absolute atomic E-state index is 13.1. The highest BCUT2D eigenvalue weighted by molar-refractivity contribution is 7.98. The second-order valence-electron chi connectivity index (χ2n) is 8.12. The third kappa shape index (κ3) is 3.72. The maximum atomic E-state index is 13.1. The Balaban J connectivity index is 1.45. The van der Waals surface area contributed by atoms with Gasteiger partial charge < -0.3 is 9.13 Å². The second-order valence-corrected chi connectivity index (χ2v) is 11.0. The van der Waals surface area contributed by atoms with Gasteiger partial charge in [-0.05, 0) is 50.1 Å². The molecule has 0 bridgehead atoms. The molecule has 1 saturated heterocycles. The SMILES string of the molecule is CCn1c(CSc2nc3ccccc3n2C)nc2cc(S(=O)(=O)N3CCCCC3)ccc21. The number of benzene rings is 2. The molecule has 2 aromatic heterocycles. The molecule has 1 aliphatic rings. The Labute approximate surface area is 192 Å². The van der Waals surface area contributed by atoms with Crippen LogP contribution in [0.15, 0.2) is 52.5 Å². The first-order valence-electron chi connectivity index (χ1n) is 11.0. The lowest BCUT2D eigenvalue weighted by Gasteiger charge is -2.25. The van der Waals surface area contributed by atoms with Crippen molar-refractivity contribution in [3.63, 3.8) is 0 Å². The molecule has 3 heterocycles. The van der Waals surface area contributed by atoms with Gasteiger partial charge in [0.1, 0.15) is 5.82 Å². The highest BCUT2D eigenvalue weighted by atomic mass is 32.2. The number of thioether (sulfide) groups is 1. The number of hydrogen-bond acceptors (Lipinski definition) is 5. The van der Waals surface area contributed by atoms with Crippen LogP contribution in [0.1, 0.15) is 32.0 Å². The quantitative estimate of drug-likeness (QED) is 0.391. The van der Waals surface area contributed by atoms with Crippen LogP contribution in [0, 0.1) is 0 Å². The molecule has 32 heavy (non-hydrogen) atoms. The fourth-order valence-electron chi connectivity index (χ4n) is 4.42. The van der Waals surface area contributed by atoms with Gasteiger partial charge in [0, 0.05) is 26.7 Å². The minimum absolute atomic E-state index is 0.335. The first-order chi connectivity index (χ1) is 15.5. The van der Waals surface area contributed by atoms with E-state index in [-0.39, 0.29) is 0 Å². The molecule has 4 aromatic rings. The number of rotatable bonds is 6. The molecule has 1 fully saturated rings. The van der Waals surface area contributed by atoms with Crippen molar-refractivity contribution >= 4 is 43.9 Å². The number of aromatic nitrogens is 4. The van der Waals surface area contributed by atoms with Crippen molar-refractivity contribution in [2.45, 2.75) is 48.5 Å². The van der Waals surface area contributed by atoms with Crippen LogP contribution in [-0.4, -0.2) is 44.9 Å². The van der Waals surface area contributed by atoms with Gasteiger partial charge in [0.05, 0.1) is 32.7 Å². The van der Waals surface area contributed by atoms with Crippen molar-refractivity contribution in [3.8, 4) is 0 Å². The number of piperidine rings is 1. The van der Waals surface area contributed by atoms with E-state index in [0.29, 0.717) is 23.7 Å². The normalized spacial score (nSPS) is 15.7. The van der Waals surface area contributed by atoms with Gasteiger partial charge >= 0.3 is 0 Å². The molecule has 7 nitrogen and oxygen atoms in total. The molecular weight excluding hydrogens is 442 g/mol. The van der Waals surface area contributed by atoms with Gasteiger partial charge in [-0.3, -0.25) is 0 Å². The summed E-state index contributed by atoms with van der Waals surface area (Å²) in [6.07, 6.45) is 2.95. The van der Waals surface area contributed by atoms with E-state index in [9.17, 15) is 8.42 Å². The zero-order valence-electron chi connectivity index (χ0n) is 18.4. The van der Waals surface area contributed by atoms with E-state index in [1.54, 1.807) is 28.2 Å². The topological polar surface area (TPSA) is 73.0 Å². The largest absolute Gasteiger partial charge is 0.328 e. The summed E-state index contributed by atoms with van der Waals surface area (Å²) in [7, 11) is -1.45. The van der Waals surface area contributed by atoms with Gasteiger partial charge in [-0.15, -0.1) is 0 Å². The van der Waals surface area contributed by atoms with Crippen molar-refractivity contribution in [2.75, 3.05) is 13.1 Å².